The molecule has 0 bridgehead atoms. The highest BCUT2D eigenvalue weighted by molar-refractivity contribution is 5.93. The van der Waals surface area contributed by atoms with Gasteiger partial charge in [0.1, 0.15) is 0 Å². The number of ether oxygens (including phenoxy) is 2. The summed E-state index contributed by atoms with van der Waals surface area (Å²) in [4.78, 5) is 15.1. The number of fused-ring (bicyclic) bond motifs is 6. The predicted molar refractivity (Wildman–Crippen MR) is 225 cm³/mol. The van der Waals surface area contributed by atoms with Crippen LogP contribution >= 0.6 is 0 Å². The number of hydrogen-bond acceptors (Lipinski definition) is 5. The molecule has 0 unspecified atom stereocenters. The minimum absolute atomic E-state index is 0.565. The van der Waals surface area contributed by atoms with Crippen molar-refractivity contribution in [3.8, 4) is 79.4 Å². The molecule has 0 N–H and O–H groups in total. The summed E-state index contributed by atoms with van der Waals surface area (Å²) in [5.74, 6) is 4.43. The van der Waals surface area contributed by atoms with Crippen molar-refractivity contribution in [3.63, 3.8) is 0 Å². The maximum Gasteiger partial charge on any atom is 0.178 e. The lowest BCUT2D eigenvalue weighted by Crippen LogP contribution is -2.28. The van der Waals surface area contributed by atoms with Crippen LogP contribution in [0, 0.1) is 0 Å². The zero-order chi connectivity index (χ0) is 37.8. The quantitative estimate of drug-likeness (QED) is 0.170. The van der Waals surface area contributed by atoms with Crippen molar-refractivity contribution in [2.45, 2.75) is 5.41 Å². The van der Waals surface area contributed by atoms with Gasteiger partial charge in [0.25, 0.3) is 0 Å². The molecule has 1 aliphatic carbocycles. The van der Waals surface area contributed by atoms with Crippen molar-refractivity contribution in [1.29, 1.82) is 0 Å². The Hall–Kier alpha value is -7.63. The van der Waals surface area contributed by atoms with Crippen LogP contribution in [0.4, 0.5) is 0 Å². The smallest absolute Gasteiger partial charge is 0.178 e. The normalized spacial score (nSPS) is 13.0. The molecule has 57 heavy (non-hydrogen) atoms. The summed E-state index contributed by atoms with van der Waals surface area (Å²) in [6.45, 7) is 0. The Morgan fingerprint density at radius 3 is 1.44 bits per heavy atom. The molecular weight excluding hydrogens is 699 g/mol. The molecule has 268 valence electrons. The van der Waals surface area contributed by atoms with Crippen LogP contribution in [0.2, 0.25) is 0 Å². The summed E-state index contributed by atoms with van der Waals surface area (Å²) in [7, 11) is 0. The van der Waals surface area contributed by atoms with Gasteiger partial charge in [-0.15, -0.1) is 0 Å². The van der Waals surface area contributed by atoms with Crippen LogP contribution in [0.5, 0.6) is 23.0 Å². The van der Waals surface area contributed by atoms with E-state index in [2.05, 4.69) is 115 Å². The van der Waals surface area contributed by atoms with Crippen molar-refractivity contribution in [2.75, 3.05) is 0 Å². The van der Waals surface area contributed by atoms with Crippen molar-refractivity contribution in [2.24, 2.45) is 0 Å². The Morgan fingerprint density at radius 1 is 0.316 bits per heavy atom. The van der Waals surface area contributed by atoms with E-state index < -0.39 is 5.41 Å². The van der Waals surface area contributed by atoms with E-state index in [1.165, 1.54) is 16.7 Å². The summed E-state index contributed by atoms with van der Waals surface area (Å²) in [5, 5.41) is 0. The van der Waals surface area contributed by atoms with Gasteiger partial charge >= 0.3 is 0 Å². The lowest BCUT2D eigenvalue weighted by Gasteiger charge is -2.34. The third-order valence-electron chi connectivity index (χ3n) is 11.1. The topological polar surface area (TPSA) is 57.1 Å². The molecule has 0 spiro atoms. The fraction of sp³-hybridized carbons (Fsp3) is 0.0192. The molecule has 0 radical (unpaired) electrons. The van der Waals surface area contributed by atoms with E-state index in [0.717, 1.165) is 44.5 Å². The minimum Gasteiger partial charge on any atom is -0.449 e. The number of nitrogens with zero attached hydrogens (tertiary/aromatic N) is 3. The zero-order valence-electron chi connectivity index (χ0n) is 30.7. The maximum atomic E-state index is 7.23. The molecule has 0 saturated carbocycles. The molecule has 5 nitrogen and oxygen atoms in total. The molecular formula is C52H33N3O2. The van der Waals surface area contributed by atoms with Gasteiger partial charge in [0.05, 0.1) is 5.41 Å². The monoisotopic (exact) mass is 731 g/mol. The lowest BCUT2D eigenvalue weighted by molar-refractivity contribution is 0.361. The highest BCUT2D eigenvalue weighted by Gasteiger charge is 2.48. The van der Waals surface area contributed by atoms with E-state index in [1.807, 2.05) is 84.9 Å². The molecule has 1 aromatic heterocycles. The van der Waals surface area contributed by atoms with E-state index in [4.69, 9.17) is 24.4 Å². The van der Waals surface area contributed by atoms with Crippen molar-refractivity contribution >= 4 is 0 Å². The van der Waals surface area contributed by atoms with Crippen LogP contribution < -0.4 is 9.47 Å². The summed E-state index contributed by atoms with van der Waals surface area (Å²) >= 11 is 0. The SMILES string of the molecule is c1ccc(-c2nc(-c3ccccc3)nc(-c3ccccc3-c3cccc4c3Oc3c(ccc5c3-c3ccccc3C5(c3ccccc3)c3ccccc3)O4)n2)cc1. The minimum atomic E-state index is -0.565. The van der Waals surface area contributed by atoms with Crippen LogP contribution in [0.1, 0.15) is 22.3 Å². The van der Waals surface area contributed by atoms with Gasteiger partial charge in [-0.25, -0.2) is 15.0 Å². The van der Waals surface area contributed by atoms with Crippen LogP contribution in [0.3, 0.4) is 0 Å². The van der Waals surface area contributed by atoms with E-state index in [-0.39, 0.29) is 0 Å². The fourth-order valence-electron chi connectivity index (χ4n) is 8.64. The Labute approximate surface area is 330 Å². The molecule has 1 aliphatic heterocycles. The van der Waals surface area contributed by atoms with Gasteiger partial charge < -0.3 is 9.47 Å². The average Bonchev–Trinajstić information content (AvgIpc) is 3.60. The van der Waals surface area contributed by atoms with Crippen molar-refractivity contribution < 1.29 is 9.47 Å². The lowest BCUT2D eigenvalue weighted by atomic mass is 9.68. The van der Waals surface area contributed by atoms with Gasteiger partial charge in [-0.1, -0.05) is 188 Å². The predicted octanol–water partition coefficient (Wildman–Crippen LogP) is 12.8. The highest BCUT2D eigenvalue weighted by Crippen LogP contribution is 2.63. The molecule has 2 aliphatic rings. The van der Waals surface area contributed by atoms with Gasteiger partial charge in [-0.05, 0) is 45.5 Å². The first-order valence-corrected chi connectivity index (χ1v) is 19.1. The van der Waals surface area contributed by atoms with Gasteiger partial charge in [-0.2, -0.15) is 0 Å². The molecule has 0 amide bonds. The van der Waals surface area contributed by atoms with Gasteiger partial charge in [0, 0.05) is 27.8 Å². The Bertz CT molecular complexity index is 2850. The highest BCUT2D eigenvalue weighted by atomic mass is 16.6. The van der Waals surface area contributed by atoms with E-state index in [9.17, 15) is 0 Å². The summed E-state index contributed by atoms with van der Waals surface area (Å²) in [6.07, 6.45) is 0. The third kappa shape index (κ3) is 5.20. The molecule has 0 atom stereocenters. The molecule has 8 aromatic carbocycles. The molecule has 5 heteroatoms. The largest absolute Gasteiger partial charge is 0.449 e. The molecule has 9 aromatic rings. The van der Waals surface area contributed by atoms with E-state index in [0.29, 0.717) is 40.5 Å². The number of aromatic nitrogens is 3. The summed E-state index contributed by atoms with van der Waals surface area (Å²) < 4.78 is 14.0. The second kappa shape index (κ2) is 13.3. The number of rotatable bonds is 6. The van der Waals surface area contributed by atoms with Gasteiger partial charge in [0.2, 0.25) is 0 Å². The standard InChI is InChI=1S/C52H33N3O2/c1-5-18-34(19-6-1)49-53-50(35-20-7-2-8-21-35)55-51(54-49)40-27-14-13-26-38(40)39-29-17-31-44-47(39)57-48-45(56-44)33-32-43-46(48)41-28-15-16-30-42(41)52(43,36-22-9-3-10-23-36)37-24-11-4-12-25-37/h1-33H. The molecule has 0 fully saturated rings. The number of hydrogen-bond donors (Lipinski definition) is 0. The molecule has 11 rings (SSSR count). The first-order chi connectivity index (χ1) is 28.3. The van der Waals surface area contributed by atoms with E-state index in [1.54, 1.807) is 0 Å². The maximum absolute atomic E-state index is 7.23. The van der Waals surface area contributed by atoms with Crippen LogP contribution in [0.15, 0.2) is 200 Å². The summed E-state index contributed by atoms with van der Waals surface area (Å²) in [6, 6.07) is 68.9. The van der Waals surface area contributed by atoms with Crippen molar-refractivity contribution in [1.82, 2.24) is 15.0 Å². The molecule has 0 saturated heterocycles. The zero-order valence-corrected chi connectivity index (χ0v) is 30.7. The second-order valence-corrected chi connectivity index (χ2v) is 14.3. The number of benzene rings is 8. The Morgan fingerprint density at radius 2 is 0.807 bits per heavy atom. The Kier molecular flexibility index (Phi) is 7.64. The van der Waals surface area contributed by atoms with Crippen LogP contribution in [-0.4, -0.2) is 15.0 Å². The summed E-state index contributed by atoms with van der Waals surface area (Å²) in [5.41, 5.74) is 10.8. The van der Waals surface area contributed by atoms with Crippen molar-refractivity contribution in [3.05, 3.63) is 222 Å². The third-order valence-corrected chi connectivity index (χ3v) is 11.1. The van der Waals surface area contributed by atoms with Gasteiger partial charge in [-0.3, -0.25) is 0 Å². The fourth-order valence-corrected chi connectivity index (χ4v) is 8.64. The Balaban J connectivity index is 1.10. The van der Waals surface area contributed by atoms with Crippen LogP contribution in [0.25, 0.3) is 56.4 Å². The number of para-hydroxylation sites is 1. The average molecular weight is 732 g/mol. The van der Waals surface area contributed by atoms with Crippen LogP contribution in [-0.2, 0) is 5.41 Å². The first kappa shape index (κ1) is 32.8. The van der Waals surface area contributed by atoms with E-state index >= 15 is 0 Å². The first-order valence-electron chi connectivity index (χ1n) is 19.1. The van der Waals surface area contributed by atoms with Gasteiger partial charge in [0.15, 0.2) is 40.5 Å². The second-order valence-electron chi connectivity index (χ2n) is 14.3. The molecule has 2 heterocycles.